The minimum atomic E-state index is 0.656. The van der Waals surface area contributed by atoms with Crippen LogP contribution in [0, 0.1) is 17.8 Å². The fourth-order valence-electron chi connectivity index (χ4n) is 4.06. The smallest absolute Gasteiger partial charge is 0.0639 e. The second kappa shape index (κ2) is 6.07. The number of benzene rings is 1. The Morgan fingerprint density at radius 3 is 2.78 bits per heavy atom. The number of fused-ring (bicyclic) bond motifs is 1. The number of aromatic amines is 1. The minimum absolute atomic E-state index is 0.656. The standard InChI is InChI=1S/C21H28N2/c1-3-15-10-18(11-15)14(2)23-21-13-22-20-8-7-17(12-19(20)21)9-16-5-4-6-16/h7-8,12-13,15-16,18,22-23H,2-6,9-11H2,1H3. The van der Waals surface area contributed by atoms with Crippen LogP contribution in [0.2, 0.25) is 0 Å². The van der Waals surface area contributed by atoms with Crippen LogP contribution in [0.5, 0.6) is 0 Å². The second-order valence-electron chi connectivity index (χ2n) is 7.68. The Kier molecular flexibility index (Phi) is 3.92. The van der Waals surface area contributed by atoms with Crippen LogP contribution in [0.3, 0.4) is 0 Å². The summed E-state index contributed by atoms with van der Waals surface area (Å²) in [6, 6.07) is 6.89. The summed E-state index contributed by atoms with van der Waals surface area (Å²) in [6.45, 7) is 6.59. The van der Waals surface area contributed by atoms with Gasteiger partial charge in [-0.1, -0.05) is 45.3 Å². The summed E-state index contributed by atoms with van der Waals surface area (Å²) in [4.78, 5) is 3.39. The molecule has 0 amide bonds. The molecule has 2 N–H and O–H groups in total. The van der Waals surface area contributed by atoms with Crippen molar-refractivity contribution in [2.24, 2.45) is 17.8 Å². The Balaban J connectivity index is 1.48. The second-order valence-corrected chi connectivity index (χ2v) is 7.68. The van der Waals surface area contributed by atoms with Crippen molar-refractivity contribution in [3.63, 3.8) is 0 Å². The number of anilines is 1. The van der Waals surface area contributed by atoms with E-state index in [1.165, 1.54) is 72.8 Å². The highest BCUT2D eigenvalue weighted by Gasteiger charge is 2.29. The van der Waals surface area contributed by atoms with Crippen molar-refractivity contribution in [3.8, 4) is 0 Å². The molecule has 0 aliphatic heterocycles. The van der Waals surface area contributed by atoms with E-state index in [1.807, 2.05) is 0 Å². The monoisotopic (exact) mass is 308 g/mol. The van der Waals surface area contributed by atoms with Crippen molar-refractivity contribution in [1.29, 1.82) is 0 Å². The molecule has 0 atom stereocenters. The Labute approximate surface area is 139 Å². The molecule has 2 fully saturated rings. The molecule has 0 bridgehead atoms. The van der Waals surface area contributed by atoms with Gasteiger partial charge in [-0.25, -0.2) is 0 Å². The molecule has 0 saturated heterocycles. The minimum Gasteiger partial charge on any atom is -0.359 e. The zero-order valence-electron chi connectivity index (χ0n) is 14.2. The van der Waals surface area contributed by atoms with E-state index in [2.05, 4.69) is 48.2 Å². The molecular weight excluding hydrogens is 280 g/mol. The molecule has 1 aromatic carbocycles. The first-order valence-corrected chi connectivity index (χ1v) is 9.28. The van der Waals surface area contributed by atoms with E-state index in [0.717, 1.165) is 11.8 Å². The molecule has 0 spiro atoms. The molecule has 0 radical (unpaired) electrons. The van der Waals surface area contributed by atoms with Gasteiger partial charge in [-0.05, 0) is 54.7 Å². The van der Waals surface area contributed by atoms with Gasteiger partial charge >= 0.3 is 0 Å². The molecule has 2 heteroatoms. The maximum absolute atomic E-state index is 4.30. The normalized spacial score (nSPS) is 24.2. The molecule has 2 aliphatic carbocycles. The molecule has 1 aromatic heterocycles. The quantitative estimate of drug-likeness (QED) is 0.686. The first-order valence-electron chi connectivity index (χ1n) is 9.28. The lowest BCUT2D eigenvalue weighted by Gasteiger charge is -2.36. The lowest BCUT2D eigenvalue weighted by Crippen LogP contribution is -2.27. The molecule has 2 aliphatic rings. The predicted octanol–water partition coefficient (Wildman–Crippen LogP) is 5.87. The van der Waals surface area contributed by atoms with E-state index in [1.54, 1.807) is 0 Å². The number of allylic oxidation sites excluding steroid dienone is 1. The van der Waals surface area contributed by atoms with E-state index in [9.17, 15) is 0 Å². The van der Waals surface area contributed by atoms with E-state index in [-0.39, 0.29) is 0 Å². The third-order valence-corrected chi connectivity index (χ3v) is 6.10. The van der Waals surface area contributed by atoms with Gasteiger partial charge in [0.1, 0.15) is 0 Å². The first-order chi connectivity index (χ1) is 11.2. The molecule has 2 aromatic rings. The lowest BCUT2D eigenvalue weighted by molar-refractivity contribution is 0.223. The van der Waals surface area contributed by atoms with Crippen LogP contribution in [0.4, 0.5) is 5.69 Å². The molecule has 2 nitrogen and oxygen atoms in total. The molecule has 23 heavy (non-hydrogen) atoms. The lowest BCUT2D eigenvalue weighted by atomic mass is 9.72. The third kappa shape index (κ3) is 2.91. The summed E-state index contributed by atoms with van der Waals surface area (Å²) in [7, 11) is 0. The van der Waals surface area contributed by atoms with Crippen LogP contribution in [-0.2, 0) is 6.42 Å². The molecule has 122 valence electrons. The zero-order chi connectivity index (χ0) is 15.8. The molecule has 2 saturated carbocycles. The van der Waals surface area contributed by atoms with Crippen LogP contribution in [-0.4, -0.2) is 4.98 Å². The maximum Gasteiger partial charge on any atom is 0.0639 e. The number of H-pyrrole nitrogens is 1. The molecule has 0 unspecified atom stereocenters. The number of aromatic nitrogens is 1. The van der Waals surface area contributed by atoms with E-state index in [0.29, 0.717) is 5.92 Å². The summed E-state index contributed by atoms with van der Waals surface area (Å²) in [6.07, 6.45) is 11.5. The molecular formula is C21H28N2. The van der Waals surface area contributed by atoms with E-state index < -0.39 is 0 Å². The van der Waals surface area contributed by atoms with Gasteiger partial charge in [0.25, 0.3) is 0 Å². The number of nitrogens with one attached hydrogen (secondary N) is 2. The van der Waals surface area contributed by atoms with Gasteiger partial charge in [-0.2, -0.15) is 0 Å². The van der Waals surface area contributed by atoms with Crippen LogP contribution in [0.25, 0.3) is 10.9 Å². The van der Waals surface area contributed by atoms with E-state index in [4.69, 9.17) is 0 Å². The average Bonchev–Trinajstić information content (AvgIpc) is 2.84. The van der Waals surface area contributed by atoms with Gasteiger partial charge in [0.15, 0.2) is 0 Å². The highest BCUT2D eigenvalue weighted by atomic mass is 14.9. The van der Waals surface area contributed by atoms with Crippen molar-refractivity contribution in [2.45, 2.75) is 51.9 Å². The summed E-state index contributed by atoms with van der Waals surface area (Å²) >= 11 is 0. The fourth-order valence-corrected chi connectivity index (χ4v) is 4.06. The summed E-state index contributed by atoms with van der Waals surface area (Å²) in [5.74, 6) is 2.48. The van der Waals surface area contributed by atoms with Crippen LogP contribution >= 0.6 is 0 Å². The fraction of sp³-hybridized carbons (Fsp3) is 0.524. The van der Waals surface area contributed by atoms with Crippen LogP contribution in [0.15, 0.2) is 36.7 Å². The van der Waals surface area contributed by atoms with Gasteiger partial charge in [0, 0.05) is 22.8 Å². The maximum atomic E-state index is 4.30. The Bertz CT molecular complexity index is 702. The number of rotatable bonds is 6. The van der Waals surface area contributed by atoms with Gasteiger partial charge in [0.05, 0.1) is 5.69 Å². The van der Waals surface area contributed by atoms with Crippen molar-refractivity contribution in [2.75, 3.05) is 5.32 Å². The summed E-state index contributed by atoms with van der Waals surface area (Å²) in [5, 5.41) is 4.91. The first kappa shape index (κ1) is 14.9. The average molecular weight is 308 g/mol. The van der Waals surface area contributed by atoms with Gasteiger partial charge in [-0.15, -0.1) is 0 Å². The number of hydrogen-bond donors (Lipinski definition) is 2. The molecule has 4 rings (SSSR count). The predicted molar refractivity (Wildman–Crippen MR) is 98.6 cm³/mol. The topological polar surface area (TPSA) is 27.8 Å². The SMILES string of the molecule is C=C(Nc1c[nH]c2ccc(CC3CCC3)cc12)C1CC(CC)C1. The van der Waals surface area contributed by atoms with Gasteiger partial charge in [-0.3, -0.25) is 0 Å². The molecule has 1 heterocycles. The Hall–Kier alpha value is -1.70. The number of hydrogen-bond acceptors (Lipinski definition) is 1. The van der Waals surface area contributed by atoms with Crippen molar-refractivity contribution in [1.82, 2.24) is 4.98 Å². The Morgan fingerprint density at radius 2 is 2.09 bits per heavy atom. The third-order valence-electron chi connectivity index (χ3n) is 6.10. The van der Waals surface area contributed by atoms with Crippen LogP contribution < -0.4 is 5.32 Å². The van der Waals surface area contributed by atoms with E-state index >= 15 is 0 Å². The highest BCUT2D eigenvalue weighted by molar-refractivity contribution is 5.93. The Morgan fingerprint density at radius 1 is 1.26 bits per heavy atom. The van der Waals surface area contributed by atoms with Gasteiger partial charge in [0.2, 0.25) is 0 Å². The largest absolute Gasteiger partial charge is 0.359 e. The van der Waals surface area contributed by atoms with Crippen molar-refractivity contribution >= 4 is 16.6 Å². The van der Waals surface area contributed by atoms with Crippen molar-refractivity contribution < 1.29 is 0 Å². The van der Waals surface area contributed by atoms with Crippen LogP contribution in [0.1, 0.15) is 51.0 Å². The summed E-state index contributed by atoms with van der Waals surface area (Å²) in [5.41, 5.74) is 5.09. The van der Waals surface area contributed by atoms with Gasteiger partial charge < -0.3 is 10.3 Å². The van der Waals surface area contributed by atoms with Crippen molar-refractivity contribution in [3.05, 3.63) is 42.2 Å². The summed E-state index contributed by atoms with van der Waals surface area (Å²) < 4.78 is 0. The zero-order valence-corrected chi connectivity index (χ0v) is 14.2. The highest BCUT2D eigenvalue weighted by Crippen LogP contribution is 2.40.